The maximum atomic E-state index is 11.2. The Labute approximate surface area is 98.5 Å². The first-order chi connectivity index (χ1) is 7.69. The second-order valence-electron chi connectivity index (χ2n) is 3.01. The quantitative estimate of drug-likeness (QED) is 0.646. The van der Waals surface area contributed by atoms with Crippen molar-refractivity contribution in [1.82, 2.24) is 4.98 Å². The van der Waals surface area contributed by atoms with Crippen molar-refractivity contribution in [2.75, 3.05) is 13.7 Å². The molecule has 0 saturated heterocycles. The maximum absolute atomic E-state index is 11.2. The van der Waals surface area contributed by atoms with Gasteiger partial charge in [0.2, 0.25) is 0 Å². The van der Waals surface area contributed by atoms with Gasteiger partial charge >= 0.3 is 5.97 Å². The molecule has 0 amide bonds. The summed E-state index contributed by atoms with van der Waals surface area (Å²) < 4.78 is 4.57. The smallest absolute Gasteiger partial charge is 0.339 e. The van der Waals surface area contributed by atoms with Gasteiger partial charge in [-0.05, 0) is 12.5 Å². The number of aliphatic hydroxyl groups is 1. The van der Waals surface area contributed by atoms with Crippen molar-refractivity contribution in [1.29, 1.82) is 0 Å². The lowest BCUT2D eigenvalue weighted by atomic mass is 10.2. The highest BCUT2D eigenvalue weighted by molar-refractivity contribution is 6.30. The standard InChI is InChI=1S/C11H12ClNO3/c1-16-11(15)9-6-8(4-2-3-5-14)10(12)13-7-9/h2,4,6-7,14H,3,5H2,1H3. The number of pyridine rings is 1. The molecular formula is C11H12ClNO3. The van der Waals surface area contributed by atoms with Gasteiger partial charge < -0.3 is 9.84 Å². The van der Waals surface area contributed by atoms with Gasteiger partial charge in [-0.2, -0.15) is 0 Å². The van der Waals surface area contributed by atoms with Gasteiger partial charge in [-0.25, -0.2) is 9.78 Å². The molecule has 0 radical (unpaired) electrons. The lowest BCUT2D eigenvalue weighted by Crippen LogP contribution is -2.02. The average Bonchev–Trinajstić information content (AvgIpc) is 2.31. The summed E-state index contributed by atoms with van der Waals surface area (Å²) in [6, 6.07) is 1.59. The zero-order valence-electron chi connectivity index (χ0n) is 8.81. The van der Waals surface area contributed by atoms with Crippen LogP contribution in [0.25, 0.3) is 6.08 Å². The van der Waals surface area contributed by atoms with Gasteiger partial charge in [-0.3, -0.25) is 0 Å². The number of esters is 1. The van der Waals surface area contributed by atoms with Crippen LogP contribution in [0.15, 0.2) is 18.3 Å². The predicted molar refractivity (Wildman–Crippen MR) is 61.3 cm³/mol. The van der Waals surface area contributed by atoms with Crippen molar-refractivity contribution < 1.29 is 14.6 Å². The molecule has 0 fully saturated rings. The Hall–Kier alpha value is -1.39. The molecule has 4 nitrogen and oxygen atoms in total. The zero-order valence-corrected chi connectivity index (χ0v) is 9.57. The molecule has 86 valence electrons. The number of hydrogen-bond acceptors (Lipinski definition) is 4. The number of rotatable bonds is 4. The first-order valence-electron chi connectivity index (χ1n) is 4.70. The van der Waals surface area contributed by atoms with Crippen molar-refractivity contribution >= 4 is 23.6 Å². The number of methoxy groups -OCH3 is 1. The van der Waals surface area contributed by atoms with E-state index in [9.17, 15) is 4.79 Å². The summed E-state index contributed by atoms with van der Waals surface area (Å²) >= 11 is 5.85. The van der Waals surface area contributed by atoms with Gasteiger partial charge in [-0.1, -0.05) is 23.8 Å². The fourth-order valence-electron chi connectivity index (χ4n) is 1.10. The van der Waals surface area contributed by atoms with Crippen molar-refractivity contribution in [2.45, 2.75) is 6.42 Å². The largest absolute Gasteiger partial charge is 0.465 e. The fourth-order valence-corrected chi connectivity index (χ4v) is 1.26. The average molecular weight is 242 g/mol. The molecule has 0 aromatic carbocycles. The van der Waals surface area contributed by atoms with Gasteiger partial charge in [0.05, 0.1) is 12.7 Å². The molecular weight excluding hydrogens is 230 g/mol. The number of aromatic nitrogens is 1. The second-order valence-corrected chi connectivity index (χ2v) is 3.37. The van der Waals surface area contributed by atoms with Crippen LogP contribution in [-0.2, 0) is 4.74 Å². The van der Waals surface area contributed by atoms with E-state index in [1.54, 1.807) is 18.2 Å². The highest BCUT2D eigenvalue weighted by atomic mass is 35.5. The summed E-state index contributed by atoms with van der Waals surface area (Å²) in [6.45, 7) is 0.0677. The Morgan fingerprint density at radius 2 is 2.44 bits per heavy atom. The molecule has 0 bridgehead atoms. The van der Waals surface area contributed by atoms with E-state index in [0.29, 0.717) is 22.7 Å². The van der Waals surface area contributed by atoms with Crippen LogP contribution < -0.4 is 0 Å². The fraction of sp³-hybridized carbons (Fsp3) is 0.273. The molecule has 0 atom stereocenters. The molecule has 0 aliphatic rings. The third-order valence-corrected chi connectivity index (χ3v) is 2.20. The monoisotopic (exact) mass is 241 g/mol. The summed E-state index contributed by atoms with van der Waals surface area (Å²) in [7, 11) is 1.30. The number of aliphatic hydroxyl groups excluding tert-OH is 1. The van der Waals surface area contributed by atoms with Gasteiger partial charge in [0.25, 0.3) is 0 Å². The molecule has 1 rings (SSSR count). The highest BCUT2D eigenvalue weighted by Crippen LogP contribution is 2.16. The van der Waals surface area contributed by atoms with Crippen LogP contribution in [0.3, 0.4) is 0 Å². The molecule has 0 aliphatic heterocycles. The van der Waals surface area contributed by atoms with Crippen molar-refractivity contribution in [3.63, 3.8) is 0 Å². The molecule has 0 unspecified atom stereocenters. The lowest BCUT2D eigenvalue weighted by molar-refractivity contribution is 0.0600. The molecule has 1 N–H and O–H groups in total. The van der Waals surface area contributed by atoms with Crippen molar-refractivity contribution in [3.05, 3.63) is 34.6 Å². The highest BCUT2D eigenvalue weighted by Gasteiger charge is 2.08. The van der Waals surface area contributed by atoms with Crippen LogP contribution in [-0.4, -0.2) is 29.8 Å². The van der Waals surface area contributed by atoms with Gasteiger partial charge in [0.15, 0.2) is 0 Å². The Morgan fingerprint density at radius 1 is 1.69 bits per heavy atom. The lowest BCUT2D eigenvalue weighted by Gasteiger charge is -2.01. The molecule has 5 heteroatoms. The predicted octanol–water partition coefficient (Wildman–Crippen LogP) is 1.92. The van der Waals surface area contributed by atoms with E-state index in [0.717, 1.165) is 0 Å². The van der Waals surface area contributed by atoms with Crippen LogP contribution in [0, 0.1) is 0 Å². The topological polar surface area (TPSA) is 59.4 Å². The number of halogens is 1. The minimum absolute atomic E-state index is 0.0677. The van der Waals surface area contributed by atoms with Crippen molar-refractivity contribution in [3.8, 4) is 0 Å². The molecule has 16 heavy (non-hydrogen) atoms. The van der Waals surface area contributed by atoms with E-state index in [1.807, 2.05) is 0 Å². The molecule has 0 saturated carbocycles. The third kappa shape index (κ3) is 3.32. The summed E-state index contributed by atoms with van der Waals surface area (Å²) in [4.78, 5) is 15.1. The molecule has 0 aliphatic carbocycles. The zero-order chi connectivity index (χ0) is 12.0. The number of nitrogens with zero attached hydrogens (tertiary/aromatic N) is 1. The van der Waals surface area contributed by atoms with Crippen molar-refractivity contribution in [2.24, 2.45) is 0 Å². The van der Waals surface area contributed by atoms with E-state index in [-0.39, 0.29) is 6.61 Å². The second kappa shape index (κ2) is 6.25. The van der Waals surface area contributed by atoms with Crippen LogP contribution in [0.2, 0.25) is 5.15 Å². The minimum Gasteiger partial charge on any atom is -0.465 e. The van der Waals surface area contributed by atoms with Crippen LogP contribution in [0.5, 0.6) is 0 Å². The Morgan fingerprint density at radius 3 is 3.06 bits per heavy atom. The number of carbonyl (C=O) groups excluding carboxylic acids is 1. The van der Waals surface area contributed by atoms with E-state index < -0.39 is 5.97 Å². The van der Waals surface area contributed by atoms with Crippen LogP contribution in [0.4, 0.5) is 0 Å². The normalized spacial score (nSPS) is 10.7. The SMILES string of the molecule is COC(=O)c1cnc(Cl)c(C=CCCO)c1. The summed E-state index contributed by atoms with van der Waals surface area (Å²) in [5.41, 5.74) is 0.966. The van der Waals surface area contributed by atoms with Crippen LogP contribution >= 0.6 is 11.6 Å². The van der Waals surface area contributed by atoms with E-state index in [1.165, 1.54) is 13.3 Å². The van der Waals surface area contributed by atoms with E-state index in [2.05, 4.69) is 9.72 Å². The Balaban J connectivity index is 2.94. The van der Waals surface area contributed by atoms with E-state index in [4.69, 9.17) is 16.7 Å². The number of ether oxygens (including phenoxy) is 1. The first kappa shape index (κ1) is 12.7. The molecule has 0 spiro atoms. The Bertz CT molecular complexity index is 404. The minimum atomic E-state index is -0.457. The third-order valence-electron chi connectivity index (χ3n) is 1.88. The molecule has 1 aromatic rings. The van der Waals surface area contributed by atoms with Crippen LogP contribution in [0.1, 0.15) is 22.3 Å². The number of hydrogen-bond donors (Lipinski definition) is 1. The summed E-state index contributed by atoms with van der Waals surface area (Å²) in [6.07, 6.45) is 5.35. The van der Waals surface area contributed by atoms with Gasteiger partial charge in [0.1, 0.15) is 5.15 Å². The molecule has 1 aromatic heterocycles. The Kier molecular flexibility index (Phi) is 4.95. The maximum Gasteiger partial charge on any atom is 0.339 e. The van der Waals surface area contributed by atoms with Gasteiger partial charge in [0, 0.05) is 18.4 Å². The van der Waals surface area contributed by atoms with E-state index >= 15 is 0 Å². The van der Waals surface area contributed by atoms with Gasteiger partial charge in [-0.15, -0.1) is 0 Å². The summed E-state index contributed by atoms with van der Waals surface area (Å²) in [5, 5.41) is 8.93. The number of carbonyl (C=O) groups is 1. The molecule has 1 heterocycles. The first-order valence-corrected chi connectivity index (χ1v) is 5.08. The summed E-state index contributed by atoms with van der Waals surface area (Å²) in [5.74, 6) is -0.457.